The Morgan fingerprint density at radius 1 is 1.16 bits per heavy atom. The molecule has 25 heavy (non-hydrogen) atoms. The highest BCUT2D eigenvalue weighted by Crippen LogP contribution is 2.34. The van der Waals surface area contributed by atoms with Gasteiger partial charge in [0.1, 0.15) is 0 Å². The average Bonchev–Trinajstić information content (AvgIpc) is 2.90. The molecule has 6 nitrogen and oxygen atoms in total. The second kappa shape index (κ2) is 6.09. The SMILES string of the molecule is CC1(C)C=C(C(=O)NCCN2C(=O)C3CC=CCC3C2=O)C(C)(C)N1. The highest BCUT2D eigenvalue weighted by molar-refractivity contribution is 6.05. The summed E-state index contributed by atoms with van der Waals surface area (Å²) in [5, 5.41) is 6.26. The van der Waals surface area contributed by atoms with E-state index in [0.717, 1.165) is 0 Å². The zero-order valence-electron chi connectivity index (χ0n) is 15.4. The Hall–Kier alpha value is -1.95. The van der Waals surface area contributed by atoms with Crippen molar-refractivity contribution in [2.24, 2.45) is 11.8 Å². The number of allylic oxidation sites excluding steroid dienone is 2. The number of carbonyl (C=O) groups is 3. The third kappa shape index (κ3) is 3.27. The van der Waals surface area contributed by atoms with Crippen molar-refractivity contribution in [2.45, 2.75) is 51.6 Å². The first-order chi connectivity index (χ1) is 11.6. The van der Waals surface area contributed by atoms with Crippen molar-refractivity contribution in [3.8, 4) is 0 Å². The molecule has 2 atom stereocenters. The highest BCUT2D eigenvalue weighted by Gasteiger charge is 2.47. The lowest BCUT2D eigenvalue weighted by Crippen LogP contribution is -2.48. The van der Waals surface area contributed by atoms with Crippen LogP contribution in [0.3, 0.4) is 0 Å². The molecule has 1 saturated heterocycles. The predicted molar refractivity (Wildman–Crippen MR) is 94.5 cm³/mol. The number of imide groups is 1. The van der Waals surface area contributed by atoms with E-state index in [2.05, 4.69) is 10.6 Å². The van der Waals surface area contributed by atoms with Crippen molar-refractivity contribution in [3.05, 3.63) is 23.8 Å². The predicted octanol–water partition coefficient (Wildman–Crippen LogP) is 1.14. The van der Waals surface area contributed by atoms with Crippen LogP contribution in [0.25, 0.3) is 0 Å². The lowest BCUT2D eigenvalue weighted by Gasteiger charge is -2.27. The first kappa shape index (κ1) is 17.9. The Balaban J connectivity index is 1.58. The molecule has 2 heterocycles. The maximum atomic E-state index is 12.5. The summed E-state index contributed by atoms with van der Waals surface area (Å²) < 4.78 is 0. The second-order valence-corrected chi connectivity index (χ2v) is 8.27. The topological polar surface area (TPSA) is 78.5 Å². The van der Waals surface area contributed by atoms with Crippen LogP contribution in [0.4, 0.5) is 0 Å². The first-order valence-corrected chi connectivity index (χ1v) is 8.93. The van der Waals surface area contributed by atoms with Gasteiger partial charge >= 0.3 is 0 Å². The van der Waals surface area contributed by atoms with E-state index in [1.165, 1.54) is 4.90 Å². The molecule has 1 fully saturated rings. The molecule has 2 unspecified atom stereocenters. The number of fused-ring (bicyclic) bond motifs is 1. The van der Waals surface area contributed by atoms with Crippen molar-refractivity contribution < 1.29 is 14.4 Å². The number of nitrogens with one attached hydrogen (secondary N) is 2. The zero-order valence-corrected chi connectivity index (χ0v) is 15.4. The standard InChI is InChI=1S/C19H27N3O3/c1-18(2)11-14(19(3,4)21-18)15(23)20-9-10-22-16(24)12-7-5-6-8-13(12)17(22)25/h5-6,11-13,21H,7-10H2,1-4H3,(H,20,23). The molecule has 1 aliphatic carbocycles. The Morgan fingerprint density at radius 3 is 2.20 bits per heavy atom. The van der Waals surface area contributed by atoms with Gasteiger partial charge in [0.2, 0.25) is 17.7 Å². The number of hydrogen-bond acceptors (Lipinski definition) is 4. The number of amides is 3. The van der Waals surface area contributed by atoms with E-state index in [-0.39, 0.29) is 48.2 Å². The molecule has 0 aromatic heterocycles. The van der Waals surface area contributed by atoms with E-state index in [9.17, 15) is 14.4 Å². The molecule has 0 bridgehead atoms. The van der Waals surface area contributed by atoms with Gasteiger partial charge < -0.3 is 5.32 Å². The van der Waals surface area contributed by atoms with Gasteiger partial charge in [-0.3, -0.25) is 24.6 Å². The van der Waals surface area contributed by atoms with Crippen molar-refractivity contribution in [2.75, 3.05) is 13.1 Å². The van der Waals surface area contributed by atoms with E-state index in [1.807, 2.05) is 45.9 Å². The summed E-state index contributed by atoms with van der Waals surface area (Å²) in [7, 11) is 0. The van der Waals surface area contributed by atoms with Crippen LogP contribution in [0.15, 0.2) is 23.8 Å². The molecule has 3 aliphatic rings. The molecule has 3 rings (SSSR count). The van der Waals surface area contributed by atoms with Gasteiger partial charge in [0, 0.05) is 29.7 Å². The number of likely N-dealkylation sites (tertiary alicyclic amines) is 1. The van der Waals surface area contributed by atoms with Crippen molar-refractivity contribution in [1.29, 1.82) is 0 Å². The monoisotopic (exact) mass is 345 g/mol. The molecule has 0 spiro atoms. The quantitative estimate of drug-likeness (QED) is 0.592. The summed E-state index contributed by atoms with van der Waals surface area (Å²) >= 11 is 0. The Morgan fingerprint density at radius 2 is 1.72 bits per heavy atom. The maximum absolute atomic E-state index is 12.5. The van der Waals surface area contributed by atoms with Crippen molar-refractivity contribution in [3.63, 3.8) is 0 Å². The largest absolute Gasteiger partial charge is 0.350 e. The molecule has 3 amide bonds. The molecule has 0 radical (unpaired) electrons. The molecule has 136 valence electrons. The molecule has 2 N–H and O–H groups in total. The average molecular weight is 345 g/mol. The minimum absolute atomic E-state index is 0.100. The van der Waals surface area contributed by atoms with Gasteiger partial charge in [-0.05, 0) is 40.5 Å². The number of nitrogens with zero attached hydrogens (tertiary/aromatic N) is 1. The Kier molecular flexibility index (Phi) is 4.35. The first-order valence-electron chi connectivity index (χ1n) is 8.93. The van der Waals surface area contributed by atoms with Crippen LogP contribution >= 0.6 is 0 Å². The molecule has 2 aliphatic heterocycles. The van der Waals surface area contributed by atoms with Gasteiger partial charge in [-0.25, -0.2) is 0 Å². The summed E-state index contributed by atoms with van der Waals surface area (Å²) in [5.74, 6) is -0.778. The molecular weight excluding hydrogens is 318 g/mol. The normalized spacial score (nSPS) is 29.6. The fourth-order valence-electron chi connectivity index (χ4n) is 4.27. The van der Waals surface area contributed by atoms with Crippen molar-refractivity contribution >= 4 is 17.7 Å². The number of carbonyl (C=O) groups excluding carboxylic acids is 3. The zero-order chi connectivity index (χ0) is 18.4. The summed E-state index contributed by atoms with van der Waals surface area (Å²) in [4.78, 5) is 38.7. The van der Waals surface area contributed by atoms with E-state index >= 15 is 0 Å². The summed E-state index contributed by atoms with van der Waals surface area (Å²) in [6.07, 6.45) is 7.16. The molecular formula is C19H27N3O3. The fraction of sp³-hybridized carbons (Fsp3) is 0.632. The van der Waals surface area contributed by atoms with Gasteiger partial charge in [0.15, 0.2) is 0 Å². The minimum atomic E-state index is -0.409. The fourth-order valence-corrected chi connectivity index (χ4v) is 4.27. The van der Waals surface area contributed by atoms with Crippen LogP contribution in [-0.4, -0.2) is 46.8 Å². The Labute approximate surface area is 148 Å². The molecule has 0 aromatic rings. The van der Waals surface area contributed by atoms with Gasteiger partial charge in [-0.15, -0.1) is 0 Å². The third-order valence-electron chi connectivity index (χ3n) is 5.28. The Bertz CT molecular complexity index is 649. The van der Waals surface area contributed by atoms with E-state index < -0.39 is 5.54 Å². The van der Waals surface area contributed by atoms with Gasteiger partial charge in [0.05, 0.1) is 11.8 Å². The van der Waals surface area contributed by atoms with E-state index in [4.69, 9.17) is 0 Å². The second-order valence-electron chi connectivity index (χ2n) is 8.27. The highest BCUT2D eigenvalue weighted by atomic mass is 16.2. The smallest absolute Gasteiger partial charge is 0.248 e. The lowest BCUT2D eigenvalue weighted by molar-refractivity contribution is -0.140. The number of hydrogen-bond donors (Lipinski definition) is 2. The van der Waals surface area contributed by atoms with Crippen LogP contribution in [0.1, 0.15) is 40.5 Å². The number of rotatable bonds is 4. The summed E-state index contributed by atoms with van der Waals surface area (Å²) in [6.45, 7) is 8.49. The van der Waals surface area contributed by atoms with Crippen LogP contribution in [0.2, 0.25) is 0 Å². The van der Waals surface area contributed by atoms with Crippen LogP contribution in [0.5, 0.6) is 0 Å². The van der Waals surface area contributed by atoms with Crippen LogP contribution in [-0.2, 0) is 14.4 Å². The molecule has 0 saturated carbocycles. The van der Waals surface area contributed by atoms with Gasteiger partial charge in [0.25, 0.3) is 0 Å². The summed E-state index contributed by atoms with van der Waals surface area (Å²) in [5.41, 5.74) is 0.0437. The van der Waals surface area contributed by atoms with E-state index in [0.29, 0.717) is 18.4 Å². The van der Waals surface area contributed by atoms with Crippen molar-refractivity contribution in [1.82, 2.24) is 15.5 Å². The lowest BCUT2D eigenvalue weighted by atomic mass is 9.85. The molecule has 0 aromatic carbocycles. The minimum Gasteiger partial charge on any atom is -0.350 e. The van der Waals surface area contributed by atoms with Gasteiger partial charge in [-0.2, -0.15) is 0 Å². The molecule has 6 heteroatoms. The van der Waals surface area contributed by atoms with Crippen LogP contribution < -0.4 is 10.6 Å². The summed E-state index contributed by atoms with van der Waals surface area (Å²) in [6, 6.07) is 0. The maximum Gasteiger partial charge on any atom is 0.248 e. The van der Waals surface area contributed by atoms with Crippen LogP contribution in [0, 0.1) is 11.8 Å². The third-order valence-corrected chi connectivity index (χ3v) is 5.28. The van der Waals surface area contributed by atoms with Gasteiger partial charge in [-0.1, -0.05) is 18.2 Å². The van der Waals surface area contributed by atoms with E-state index in [1.54, 1.807) is 0 Å².